The van der Waals surface area contributed by atoms with Gasteiger partial charge in [-0.3, -0.25) is 9.89 Å². The number of nitrogens with zero attached hydrogens (tertiary/aromatic N) is 2. The predicted octanol–water partition coefficient (Wildman–Crippen LogP) is 1.68. The molecule has 5 heteroatoms. The van der Waals surface area contributed by atoms with E-state index in [9.17, 15) is 0 Å². The number of morpholine rings is 1. The lowest BCUT2D eigenvalue weighted by atomic mass is 10.0. The van der Waals surface area contributed by atoms with Gasteiger partial charge in [-0.1, -0.05) is 36.8 Å². The second kappa shape index (κ2) is 8.76. The smallest absolute Gasteiger partial charge is 0.188 e. The van der Waals surface area contributed by atoms with Gasteiger partial charge in [-0.15, -0.1) is 0 Å². The molecule has 22 heavy (non-hydrogen) atoms. The summed E-state index contributed by atoms with van der Waals surface area (Å²) < 4.78 is 5.47. The summed E-state index contributed by atoms with van der Waals surface area (Å²) in [6.45, 7) is 9.22. The third-order valence-electron chi connectivity index (χ3n) is 3.94. The Hall–Kier alpha value is -1.59. The molecule has 0 spiro atoms. The van der Waals surface area contributed by atoms with Crippen LogP contribution in [0.2, 0.25) is 0 Å². The first-order chi connectivity index (χ1) is 10.7. The maximum absolute atomic E-state index is 5.94. The van der Waals surface area contributed by atoms with Gasteiger partial charge >= 0.3 is 0 Å². The molecule has 0 amide bonds. The number of nitrogens with two attached hydrogens (primary N) is 1. The summed E-state index contributed by atoms with van der Waals surface area (Å²) in [7, 11) is 0. The Labute approximate surface area is 133 Å². The van der Waals surface area contributed by atoms with Gasteiger partial charge in [-0.2, -0.15) is 0 Å². The zero-order chi connectivity index (χ0) is 15.8. The highest BCUT2D eigenvalue weighted by Gasteiger charge is 2.22. The van der Waals surface area contributed by atoms with Gasteiger partial charge in [0.05, 0.1) is 25.8 Å². The summed E-state index contributed by atoms with van der Waals surface area (Å²) >= 11 is 0. The van der Waals surface area contributed by atoms with Crippen LogP contribution in [0.5, 0.6) is 0 Å². The van der Waals surface area contributed by atoms with E-state index in [1.165, 1.54) is 11.1 Å². The molecule has 0 saturated carbocycles. The largest absolute Gasteiger partial charge is 0.379 e. The minimum absolute atomic E-state index is 0.256. The lowest BCUT2D eigenvalue weighted by molar-refractivity contribution is 0.0180. The maximum Gasteiger partial charge on any atom is 0.188 e. The van der Waals surface area contributed by atoms with E-state index in [4.69, 9.17) is 10.5 Å². The molecule has 122 valence electrons. The molecular weight excluding hydrogens is 276 g/mol. The highest BCUT2D eigenvalue weighted by Crippen LogP contribution is 2.22. The van der Waals surface area contributed by atoms with Crippen LogP contribution in [0.3, 0.4) is 0 Å². The molecule has 3 N–H and O–H groups in total. The predicted molar refractivity (Wildman–Crippen MR) is 91.1 cm³/mol. The molecule has 0 bridgehead atoms. The molecular formula is C17H28N4O. The van der Waals surface area contributed by atoms with Gasteiger partial charge in [0, 0.05) is 19.6 Å². The average molecular weight is 304 g/mol. The lowest BCUT2D eigenvalue weighted by Crippen LogP contribution is -2.41. The second-order valence-electron chi connectivity index (χ2n) is 5.73. The number of nitrogens with one attached hydrogen (secondary N) is 1. The molecule has 1 saturated heterocycles. The average Bonchev–Trinajstić information content (AvgIpc) is 2.55. The lowest BCUT2D eigenvalue weighted by Gasteiger charge is -2.34. The molecule has 1 aromatic rings. The molecule has 1 unspecified atom stereocenters. The number of hydrogen-bond donors (Lipinski definition) is 2. The SMILES string of the molecule is CCCNC(N)=NCC(c1ccc(C)cc1)N1CCOCC1. The fourth-order valence-electron chi connectivity index (χ4n) is 2.60. The zero-order valence-corrected chi connectivity index (χ0v) is 13.7. The Bertz CT molecular complexity index is 466. The van der Waals surface area contributed by atoms with Crippen LogP contribution in [-0.4, -0.2) is 50.3 Å². The third kappa shape index (κ3) is 5.00. The highest BCUT2D eigenvalue weighted by atomic mass is 16.5. The fraction of sp³-hybridized carbons (Fsp3) is 0.588. The molecule has 1 fully saturated rings. The summed E-state index contributed by atoms with van der Waals surface area (Å²) in [4.78, 5) is 6.97. The molecule has 1 aliphatic heterocycles. The van der Waals surface area contributed by atoms with Crippen LogP contribution in [-0.2, 0) is 4.74 Å². The van der Waals surface area contributed by atoms with Gasteiger partial charge in [-0.05, 0) is 18.9 Å². The number of aliphatic imine (C=N–C) groups is 1. The van der Waals surface area contributed by atoms with Crippen LogP contribution >= 0.6 is 0 Å². The van der Waals surface area contributed by atoms with Crippen LogP contribution in [0.25, 0.3) is 0 Å². The Kier molecular flexibility index (Phi) is 6.68. The monoisotopic (exact) mass is 304 g/mol. The Morgan fingerprint density at radius 2 is 2.00 bits per heavy atom. The van der Waals surface area contributed by atoms with E-state index in [1.54, 1.807) is 0 Å². The molecule has 0 aliphatic carbocycles. The van der Waals surface area contributed by atoms with Crippen molar-refractivity contribution < 1.29 is 4.74 Å². The topological polar surface area (TPSA) is 62.9 Å². The summed E-state index contributed by atoms with van der Waals surface area (Å²) in [5.74, 6) is 0.534. The van der Waals surface area contributed by atoms with Crippen molar-refractivity contribution >= 4 is 5.96 Å². The van der Waals surface area contributed by atoms with Crippen molar-refractivity contribution in [3.05, 3.63) is 35.4 Å². The number of benzene rings is 1. The first kappa shape index (κ1) is 16.8. The first-order valence-electron chi connectivity index (χ1n) is 8.13. The molecule has 0 aromatic heterocycles. The number of ether oxygens (including phenoxy) is 1. The van der Waals surface area contributed by atoms with Crippen molar-refractivity contribution in [2.75, 3.05) is 39.4 Å². The molecule has 1 aromatic carbocycles. The molecule has 1 heterocycles. The Morgan fingerprint density at radius 1 is 1.32 bits per heavy atom. The highest BCUT2D eigenvalue weighted by molar-refractivity contribution is 5.77. The standard InChI is InChI=1S/C17H28N4O/c1-3-8-19-17(18)20-13-16(21-9-11-22-12-10-21)15-6-4-14(2)5-7-15/h4-7,16H,3,8-13H2,1-2H3,(H3,18,19,20). The first-order valence-corrected chi connectivity index (χ1v) is 8.13. The van der Waals surface area contributed by atoms with Gasteiger partial charge in [0.15, 0.2) is 5.96 Å². The van der Waals surface area contributed by atoms with Crippen molar-refractivity contribution in [2.45, 2.75) is 26.3 Å². The summed E-state index contributed by atoms with van der Waals surface area (Å²) in [6.07, 6.45) is 1.04. The Balaban J connectivity index is 2.08. The molecule has 0 radical (unpaired) electrons. The Morgan fingerprint density at radius 3 is 2.64 bits per heavy atom. The van der Waals surface area contributed by atoms with E-state index in [0.29, 0.717) is 12.5 Å². The van der Waals surface area contributed by atoms with Crippen LogP contribution < -0.4 is 11.1 Å². The van der Waals surface area contributed by atoms with Gasteiger partial charge < -0.3 is 15.8 Å². The number of hydrogen-bond acceptors (Lipinski definition) is 3. The van der Waals surface area contributed by atoms with Gasteiger partial charge in [0.25, 0.3) is 0 Å². The van der Waals surface area contributed by atoms with Crippen LogP contribution in [0, 0.1) is 6.92 Å². The van der Waals surface area contributed by atoms with Gasteiger partial charge in [-0.25, -0.2) is 0 Å². The van der Waals surface area contributed by atoms with Crippen molar-refractivity contribution in [3.63, 3.8) is 0 Å². The summed E-state index contributed by atoms with van der Waals surface area (Å²) in [5, 5.41) is 3.14. The maximum atomic E-state index is 5.94. The molecule has 1 aliphatic rings. The van der Waals surface area contributed by atoms with Gasteiger partial charge in [0.1, 0.15) is 0 Å². The van der Waals surface area contributed by atoms with Crippen molar-refractivity contribution in [2.24, 2.45) is 10.7 Å². The van der Waals surface area contributed by atoms with E-state index >= 15 is 0 Å². The summed E-state index contributed by atoms with van der Waals surface area (Å²) in [6, 6.07) is 8.96. The second-order valence-corrected chi connectivity index (χ2v) is 5.73. The molecule has 5 nitrogen and oxygen atoms in total. The van der Waals surface area contributed by atoms with E-state index < -0.39 is 0 Å². The summed E-state index contributed by atoms with van der Waals surface area (Å²) in [5.41, 5.74) is 8.50. The van der Waals surface area contributed by atoms with Crippen LogP contribution in [0.15, 0.2) is 29.3 Å². The van der Waals surface area contributed by atoms with Crippen molar-refractivity contribution in [3.8, 4) is 0 Å². The van der Waals surface area contributed by atoms with Gasteiger partial charge in [0.2, 0.25) is 0 Å². The quantitative estimate of drug-likeness (QED) is 0.620. The van der Waals surface area contributed by atoms with E-state index in [-0.39, 0.29) is 6.04 Å². The van der Waals surface area contributed by atoms with E-state index in [0.717, 1.165) is 39.3 Å². The molecule has 2 rings (SSSR count). The fourth-order valence-corrected chi connectivity index (χ4v) is 2.60. The minimum Gasteiger partial charge on any atom is -0.379 e. The number of guanidine groups is 1. The van der Waals surface area contributed by atoms with Crippen molar-refractivity contribution in [1.82, 2.24) is 10.2 Å². The van der Waals surface area contributed by atoms with Crippen LogP contribution in [0.4, 0.5) is 0 Å². The zero-order valence-electron chi connectivity index (χ0n) is 13.7. The van der Waals surface area contributed by atoms with E-state index in [1.807, 2.05) is 0 Å². The number of rotatable bonds is 6. The van der Waals surface area contributed by atoms with Crippen LogP contribution in [0.1, 0.15) is 30.5 Å². The third-order valence-corrected chi connectivity index (χ3v) is 3.94. The van der Waals surface area contributed by atoms with Crippen molar-refractivity contribution in [1.29, 1.82) is 0 Å². The minimum atomic E-state index is 0.256. The number of aryl methyl sites for hydroxylation is 1. The van der Waals surface area contributed by atoms with E-state index in [2.05, 4.69) is 53.3 Å². The molecule has 1 atom stereocenters. The normalized spacial score (nSPS) is 18.2.